The Morgan fingerprint density at radius 3 is 0.947 bits per heavy atom. The molecule has 9 nitrogen and oxygen atoms in total. The van der Waals surface area contributed by atoms with E-state index in [2.05, 4.69) is 0 Å². The van der Waals surface area contributed by atoms with Gasteiger partial charge in [-0.1, -0.05) is 0 Å². The van der Waals surface area contributed by atoms with Crippen molar-refractivity contribution in [2.45, 2.75) is 18.3 Å². The molecular weight excluding hydrogens is 264 g/mol. The molecule has 0 bridgehead atoms. The maximum atomic E-state index is 8.77. The highest BCUT2D eigenvalue weighted by Gasteiger charge is 2.26. The molecule has 9 N–H and O–H groups in total. The van der Waals surface area contributed by atoms with Crippen LogP contribution in [0.1, 0.15) is 0 Å². The third-order valence-electron chi connectivity index (χ3n) is 2.50. The van der Waals surface area contributed by atoms with Gasteiger partial charge in [0.15, 0.2) is 0 Å². The van der Waals surface area contributed by atoms with Gasteiger partial charge < -0.3 is 46.0 Å². The van der Waals surface area contributed by atoms with E-state index in [1.54, 1.807) is 0 Å². The van der Waals surface area contributed by atoms with Crippen LogP contribution >= 0.6 is 0 Å². The lowest BCUT2D eigenvalue weighted by molar-refractivity contribution is -0.0900. The molecule has 0 saturated carbocycles. The molecular formula is C10H24O9. The fourth-order valence-corrected chi connectivity index (χ4v) is 0.772. The van der Waals surface area contributed by atoms with Crippen molar-refractivity contribution in [3.63, 3.8) is 0 Å². The van der Waals surface area contributed by atoms with Crippen LogP contribution in [0.25, 0.3) is 0 Å². The Kier molecular flexibility index (Phi) is 12.6. The summed E-state index contributed by atoms with van der Waals surface area (Å²) in [5.74, 6) is 0. The molecule has 118 valence electrons. The minimum atomic E-state index is -1.49. The Balaban J connectivity index is 0. The molecule has 2 atom stereocenters. The van der Waals surface area contributed by atoms with Crippen molar-refractivity contribution in [3.8, 4) is 0 Å². The molecule has 0 aliphatic heterocycles. The van der Waals surface area contributed by atoms with Gasteiger partial charge in [-0.15, -0.1) is 0 Å². The molecule has 0 aromatic heterocycles. The zero-order valence-corrected chi connectivity index (χ0v) is 10.5. The van der Waals surface area contributed by atoms with E-state index in [1.165, 1.54) is 0 Å². The zero-order valence-electron chi connectivity index (χ0n) is 10.5. The number of aliphatic hydroxyl groups excluding tert-OH is 9. The van der Waals surface area contributed by atoms with Gasteiger partial charge in [-0.3, -0.25) is 0 Å². The standard InChI is InChI=1S/C5H12O5.C5H12O4/c6-1-3(8)5(10)4(9)2-7;6-1-5(2-7,3-8)4-9/h3-10H,1-2H2;6-9H,1-4H2. The van der Waals surface area contributed by atoms with E-state index in [0.717, 1.165) is 0 Å². The summed E-state index contributed by atoms with van der Waals surface area (Å²) in [6, 6.07) is 0. The molecule has 2 unspecified atom stereocenters. The summed E-state index contributed by atoms with van der Waals surface area (Å²) in [5.41, 5.74) is -1.11. The average molecular weight is 288 g/mol. The fraction of sp³-hybridized carbons (Fsp3) is 1.00. The van der Waals surface area contributed by atoms with E-state index in [-0.39, 0.29) is 0 Å². The number of hydrogen-bond acceptors (Lipinski definition) is 9. The van der Waals surface area contributed by atoms with Crippen molar-refractivity contribution >= 4 is 0 Å². The van der Waals surface area contributed by atoms with Crippen LogP contribution in [-0.4, -0.2) is 104 Å². The second-order valence-corrected chi connectivity index (χ2v) is 4.12. The van der Waals surface area contributed by atoms with E-state index in [1.807, 2.05) is 0 Å². The topological polar surface area (TPSA) is 182 Å². The van der Waals surface area contributed by atoms with Gasteiger partial charge in [-0.05, 0) is 0 Å². The molecule has 0 heterocycles. The van der Waals surface area contributed by atoms with Crippen molar-refractivity contribution in [1.29, 1.82) is 0 Å². The van der Waals surface area contributed by atoms with Crippen molar-refractivity contribution in [2.75, 3.05) is 39.6 Å². The predicted molar refractivity (Wildman–Crippen MR) is 63.0 cm³/mol. The summed E-state index contributed by atoms with van der Waals surface area (Å²) in [7, 11) is 0. The fourth-order valence-electron chi connectivity index (χ4n) is 0.772. The zero-order chi connectivity index (χ0) is 15.5. The first-order chi connectivity index (χ1) is 8.87. The lowest BCUT2D eigenvalue weighted by atomic mass is 9.93. The van der Waals surface area contributed by atoms with Gasteiger partial charge in [0.25, 0.3) is 0 Å². The lowest BCUT2D eigenvalue weighted by Crippen LogP contribution is -2.41. The van der Waals surface area contributed by atoms with Gasteiger partial charge in [-0.2, -0.15) is 0 Å². The smallest absolute Gasteiger partial charge is 0.110 e. The van der Waals surface area contributed by atoms with E-state index >= 15 is 0 Å². The molecule has 0 spiro atoms. The second-order valence-electron chi connectivity index (χ2n) is 4.12. The van der Waals surface area contributed by atoms with Crippen LogP contribution in [-0.2, 0) is 0 Å². The Bertz CT molecular complexity index is 170. The van der Waals surface area contributed by atoms with Crippen molar-refractivity contribution < 1.29 is 46.0 Å². The second kappa shape index (κ2) is 11.5. The summed E-state index contributed by atoms with van der Waals surface area (Å²) < 4.78 is 0. The van der Waals surface area contributed by atoms with Crippen LogP contribution in [0.3, 0.4) is 0 Å². The van der Waals surface area contributed by atoms with E-state index < -0.39 is 63.4 Å². The highest BCUT2D eigenvalue weighted by molar-refractivity contribution is 4.75. The van der Waals surface area contributed by atoms with Gasteiger partial charge in [0.2, 0.25) is 0 Å². The Labute approximate surface area is 110 Å². The highest BCUT2D eigenvalue weighted by atomic mass is 16.4. The van der Waals surface area contributed by atoms with Crippen molar-refractivity contribution in [1.82, 2.24) is 0 Å². The Hall–Kier alpha value is -0.360. The van der Waals surface area contributed by atoms with Crippen LogP contribution in [0, 0.1) is 5.41 Å². The maximum Gasteiger partial charge on any atom is 0.110 e. The van der Waals surface area contributed by atoms with Gasteiger partial charge in [-0.25, -0.2) is 0 Å². The molecule has 0 aromatic carbocycles. The van der Waals surface area contributed by atoms with Crippen LogP contribution in [0.15, 0.2) is 0 Å². The molecule has 0 aromatic rings. The first kappa shape index (κ1) is 20.9. The molecule has 0 fully saturated rings. The van der Waals surface area contributed by atoms with Crippen LogP contribution < -0.4 is 0 Å². The quantitative estimate of drug-likeness (QED) is 0.211. The Morgan fingerprint density at radius 2 is 0.842 bits per heavy atom. The van der Waals surface area contributed by atoms with Gasteiger partial charge >= 0.3 is 0 Å². The average Bonchev–Trinajstić information content (AvgIpc) is 2.48. The molecule has 19 heavy (non-hydrogen) atoms. The monoisotopic (exact) mass is 288 g/mol. The molecule has 0 aliphatic carbocycles. The van der Waals surface area contributed by atoms with E-state index in [0.29, 0.717) is 0 Å². The largest absolute Gasteiger partial charge is 0.396 e. The normalized spacial score (nSPS) is 16.3. The molecule has 0 aliphatic rings. The third kappa shape index (κ3) is 7.72. The molecule has 0 amide bonds. The number of aliphatic hydroxyl groups is 9. The summed E-state index contributed by atoms with van der Waals surface area (Å²) in [5, 5.41) is 76.6. The first-order valence-electron chi connectivity index (χ1n) is 5.57. The SMILES string of the molecule is OCC(CO)(CO)CO.OCC(O)C(O)C(O)CO. The van der Waals surface area contributed by atoms with E-state index in [9.17, 15) is 0 Å². The minimum Gasteiger partial charge on any atom is -0.396 e. The van der Waals surface area contributed by atoms with Gasteiger partial charge in [0.1, 0.15) is 18.3 Å². The summed E-state index contributed by atoms with van der Waals surface area (Å²) in [6.07, 6.45) is -4.29. The van der Waals surface area contributed by atoms with Crippen molar-refractivity contribution in [2.24, 2.45) is 5.41 Å². The van der Waals surface area contributed by atoms with Crippen LogP contribution in [0.2, 0.25) is 0 Å². The lowest BCUT2D eigenvalue weighted by Gasteiger charge is -2.23. The van der Waals surface area contributed by atoms with Crippen LogP contribution in [0.5, 0.6) is 0 Å². The van der Waals surface area contributed by atoms with E-state index in [4.69, 9.17) is 46.0 Å². The molecule has 0 saturated heterocycles. The Morgan fingerprint density at radius 1 is 0.579 bits per heavy atom. The molecule has 0 radical (unpaired) electrons. The number of hydrogen-bond donors (Lipinski definition) is 9. The van der Waals surface area contributed by atoms with Gasteiger partial charge in [0, 0.05) is 0 Å². The minimum absolute atomic E-state index is 0.406. The third-order valence-corrected chi connectivity index (χ3v) is 2.50. The summed E-state index contributed by atoms with van der Waals surface area (Å²) in [6.45, 7) is -2.91. The maximum absolute atomic E-state index is 8.77. The van der Waals surface area contributed by atoms with Crippen LogP contribution in [0.4, 0.5) is 0 Å². The summed E-state index contributed by atoms with van der Waals surface area (Å²) in [4.78, 5) is 0. The molecule has 0 rings (SSSR count). The van der Waals surface area contributed by atoms with Gasteiger partial charge in [0.05, 0.1) is 45.1 Å². The summed E-state index contributed by atoms with van der Waals surface area (Å²) >= 11 is 0. The molecule has 9 heteroatoms. The number of rotatable bonds is 8. The predicted octanol–water partition coefficient (Wildman–Crippen LogP) is -5.00. The highest BCUT2D eigenvalue weighted by Crippen LogP contribution is 2.11. The van der Waals surface area contributed by atoms with Crippen molar-refractivity contribution in [3.05, 3.63) is 0 Å². The first-order valence-corrected chi connectivity index (χ1v) is 5.57.